The van der Waals surface area contributed by atoms with E-state index in [9.17, 15) is 4.79 Å². The van der Waals surface area contributed by atoms with Gasteiger partial charge in [0.1, 0.15) is 13.2 Å². The number of hydrogen-bond acceptors (Lipinski definition) is 7. The smallest absolute Gasteiger partial charge is 0.273 e. The minimum atomic E-state index is -0.269. The van der Waals surface area contributed by atoms with E-state index in [1.807, 2.05) is 18.2 Å². The molecule has 1 saturated heterocycles. The van der Waals surface area contributed by atoms with Crippen LogP contribution < -0.4 is 14.8 Å². The lowest BCUT2D eigenvalue weighted by atomic mass is 9.98. The van der Waals surface area contributed by atoms with E-state index in [4.69, 9.17) is 18.7 Å². The SMILES string of the molecule is CC(C)c1ccc(C(CNC(=O)c2cc(-c3ccc4c(c3)OCCO4)on2)N2CCOCC2)cc1. The highest BCUT2D eigenvalue weighted by Gasteiger charge is 2.24. The maximum atomic E-state index is 13.0. The third-order valence-electron chi connectivity index (χ3n) is 6.50. The number of benzene rings is 2. The van der Waals surface area contributed by atoms with Crippen molar-refractivity contribution in [3.63, 3.8) is 0 Å². The average molecular weight is 478 g/mol. The molecule has 3 heterocycles. The fourth-order valence-corrected chi connectivity index (χ4v) is 4.44. The summed E-state index contributed by atoms with van der Waals surface area (Å²) >= 11 is 0. The van der Waals surface area contributed by atoms with Crippen LogP contribution in [0.4, 0.5) is 0 Å². The van der Waals surface area contributed by atoms with Gasteiger partial charge in [-0.1, -0.05) is 43.3 Å². The quantitative estimate of drug-likeness (QED) is 0.550. The van der Waals surface area contributed by atoms with E-state index in [2.05, 4.69) is 53.5 Å². The van der Waals surface area contributed by atoms with E-state index in [1.165, 1.54) is 11.1 Å². The van der Waals surface area contributed by atoms with Crippen molar-refractivity contribution in [3.8, 4) is 22.8 Å². The highest BCUT2D eigenvalue weighted by Crippen LogP contribution is 2.34. The zero-order valence-electron chi connectivity index (χ0n) is 20.2. The van der Waals surface area contributed by atoms with Gasteiger partial charge >= 0.3 is 0 Å². The van der Waals surface area contributed by atoms with Crippen LogP contribution in [0.2, 0.25) is 0 Å². The Bertz CT molecular complexity index is 1150. The van der Waals surface area contributed by atoms with Crippen molar-refractivity contribution in [2.45, 2.75) is 25.8 Å². The summed E-state index contributed by atoms with van der Waals surface area (Å²) in [6.07, 6.45) is 0. The summed E-state index contributed by atoms with van der Waals surface area (Å²) in [6, 6.07) is 15.9. The molecule has 0 spiro atoms. The van der Waals surface area contributed by atoms with E-state index in [0.29, 0.717) is 56.1 Å². The molecular formula is C27H31N3O5. The molecule has 1 fully saturated rings. The zero-order valence-corrected chi connectivity index (χ0v) is 20.2. The van der Waals surface area contributed by atoms with Crippen LogP contribution in [0.5, 0.6) is 11.5 Å². The normalized spacial score (nSPS) is 16.8. The first-order chi connectivity index (χ1) is 17.1. The van der Waals surface area contributed by atoms with E-state index in [-0.39, 0.29) is 17.6 Å². The summed E-state index contributed by atoms with van der Waals surface area (Å²) < 4.78 is 22.2. The Balaban J connectivity index is 1.28. The fourth-order valence-electron chi connectivity index (χ4n) is 4.44. The second-order valence-electron chi connectivity index (χ2n) is 9.13. The molecule has 35 heavy (non-hydrogen) atoms. The molecule has 2 aromatic carbocycles. The number of amides is 1. The first-order valence-corrected chi connectivity index (χ1v) is 12.1. The highest BCUT2D eigenvalue weighted by atomic mass is 16.6. The monoisotopic (exact) mass is 477 g/mol. The number of fused-ring (bicyclic) bond motifs is 1. The predicted octanol–water partition coefficient (Wildman–Crippen LogP) is 4.04. The van der Waals surface area contributed by atoms with Crippen molar-refractivity contribution in [3.05, 3.63) is 65.4 Å². The Kier molecular flexibility index (Phi) is 7.01. The van der Waals surface area contributed by atoms with Crippen LogP contribution >= 0.6 is 0 Å². The van der Waals surface area contributed by atoms with Crippen LogP contribution in [0.15, 0.2) is 53.1 Å². The standard InChI is InChI=1S/C27H31N3O5/c1-18(2)19-3-5-20(6-4-19)23(30-9-11-32-12-10-30)17-28-27(31)22-16-25(35-29-22)21-7-8-24-26(15-21)34-14-13-33-24/h3-8,15-16,18,23H,9-14,17H2,1-2H3,(H,28,31). The second kappa shape index (κ2) is 10.5. The molecule has 5 rings (SSSR count). The number of nitrogens with one attached hydrogen (secondary N) is 1. The molecule has 0 radical (unpaired) electrons. The van der Waals surface area contributed by atoms with Gasteiger partial charge in [-0.25, -0.2) is 0 Å². The lowest BCUT2D eigenvalue weighted by Gasteiger charge is -2.35. The topological polar surface area (TPSA) is 86.1 Å². The molecule has 1 amide bonds. The largest absolute Gasteiger partial charge is 0.486 e. The summed E-state index contributed by atoms with van der Waals surface area (Å²) in [4.78, 5) is 15.3. The molecule has 1 N–H and O–H groups in total. The molecule has 1 atom stereocenters. The maximum absolute atomic E-state index is 13.0. The summed E-state index contributed by atoms with van der Waals surface area (Å²) in [5.74, 6) is 2.07. The molecule has 1 aromatic heterocycles. The van der Waals surface area contributed by atoms with Gasteiger partial charge in [-0.05, 0) is 35.2 Å². The maximum Gasteiger partial charge on any atom is 0.273 e. The molecule has 1 unspecified atom stereocenters. The van der Waals surface area contributed by atoms with Crippen LogP contribution in [0.25, 0.3) is 11.3 Å². The molecule has 2 aliphatic rings. The Morgan fingerprint density at radius 3 is 2.40 bits per heavy atom. The number of rotatable bonds is 7. The molecule has 2 aliphatic heterocycles. The summed E-state index contributed by atoms with van der Waals surface area (Å²) in [6.45, 7) is 8.91. The minimum Gasteiger partial charge on any atom is -0.486 e. The van der Waals surface area contributed by atoms with Crippen molar-refractivity contribution in [2.24, 2.45) is 0 Å². The Hall–Kier alpha value is -3.36. The molecular weight excluding hydrogens is 446 g/mol. The van der Waals surface area contributed by atoms with Crippen LogP contribution in [-0.2, 0) is 4.74 Å². The number of carbonyl (C=O) groups excluding carboxylic acids is 1. The van der Waals surface area contributed by atoms with E-state index in [0.717, 1.165) is 18.7 Å². The minimum absolute atomic E-state index is 0.0493. The summed E-state index contributed by atoms with van der Waals surface area (Å²) in [5.41, 5.74) is 3.49. The second-order valence-corrected chi connectivity index (χ2v) is 9.13. The van der Waals surface area contributed by atoms with E-state index in [1.54, 1.807) is 6.07 Å². The van der Waals surface area contributed by atoms with Crippen LogP contribution in [-0.4, -0.2) is 62.0 Å². The van der Waals surface area contributed by atoms with Gasteiger partial charge in [0.15, 0.2) is 23.0 Å². The summed E-state index contributed by atoms with van der Waals surface area (Å²) in [7, 11) is 0. The molecule has 3 aromatic rings. The number of hydrogen-bond donors (Lipinski definition) is 1. The summed E-state index contributed by atoms with van der Waals surface area (Å²) in [5, 5.41) is 7.06. The third kappa shape index (κ3) is 5.33. The van der Waals surface area contributed by atoms with Crippen molar-refractivity contribution < 1.29 is 23.5 Å². The molecule has 184 valence electrons. The number of nitrogens with zero attached hydrogens (tertiary/aromatic N) is 2. The van der Waals surface area contributed by atoms with Gasteiger partial charge in [-0.2, -0.15) is 0 Å². The molecule has 0 bridgehead atoms. The number of ether oxygens (including phenoxy) is 3. The van der Waals surface area contributed by atoms with Crippen molar-refractivity contribution >= 4 is 5.91 Å². The van der Waals surface area contributed by atoms with Gasteiger partial charge in [0, 0.05) is 31.3 Å². The Morgan fingerprint density at radius 2 is 1.66 bits per heavy atom. The first-order valence-electron chi connectivity index (χ1n) is 12.1. The fraction of sp³-hybridized carbons (Fsp3) is 0.407. The zero-order chi connectivity index (χ0) is 24.2. The van der Waals surface area contributed by atoms with E-state index >= 15 is 0 Å². The van der Waals surface area contributed by atoms with Gasteiger partial charge < -0.3 is 24.1 Å². The predicted molar refractivity (Wildman–Crippen MR) is 131 cm³/mol. The molecule has 0 saturated carbocycles. The van der Waals surface area contributed by atoms with Crippen molar-refractivity contribution in [1.29, 1.82) is 0 Å². The van der Waals surface area contributed by atoms with Crippen molar-refractivity contribution in [1.82, 2.24) is 15.4 Å². The Morgan fingerprint density at radius 1 is 0.943 bits per heavy atom. The van der Waals surface area contributed by atoms with E-state index < -0.39 is 0 Å². The Labute approximate surface area is 205 Å². The highest BCUT2D eigenvalue weighted by molar-refractivity contribution is 5.93. The van der Waals surface area contributed by atoms with Gasteiger partial charge in [-0.3, -0.25) is 9.69 Å². The van der Waals surface area contributed by atoms with Crippen LogP contribution in [0.1, 0.15) is 47.4 Å². The third-order valence-corrected chi connectivity index (χ3v) is 6.50. The van der Waals surface area contributed by atoms with Crippen molar-refractivity contribution in [2.75, 3.05) is 46.1 Å². The van der Waals surface area contributed by atoms with Gasteiger partial charge in [0.05, 0.1) is 19.3 Å². The number of carbonyl (C=O) groups is 1. The average Bonchev–Trinajstić information content (AvgIpc) is 3.40. The van der Waals surface area contributed by atoms with Crippen LogP contribution in [0, 0.1) is 0 Å². The van der Waals surface area contributed by atoms with Gasteiger partial charge in [0.25, 0.3) is 5.91 Å². The molecule has 8 nitrogen and oxygen atoms in total. The van der Waals surface area contributed by atoms with Gasteiger partial charge in [0.2, 0.25) is 0 Å². The lowest BCUT2D eigenvalue weighted by molar-refractivity contribution is 0.0162. The number of aromatic nitrogens is 1. The molecule has 0 aliphatic carbocycles. The number of morpholine rings is 1. The lowest BCUT2D eigenvalue weighted by Crippen LogP contribution is -2.43. The first kappa shape index (κ1) is 23.4. The van der Waals surface area contributed by atoms with Crippen LogP contribution in [0.3, 0.4) is 0 Å². The molecule has 8 heteroatoms. The van der Waals surface area contributed by atoms with Gasteiger partial charge in [-0.15, -0.1) is 0 Å².